The predicted molar refractivity (Wildman–Crippen MR) is 69.4 cm³/mol. The summed E-state index contributed by atoms with van der Waals surface area (Å²) in [4.78, 5) is 0. The summed E-state index contributed by atoms with van der Waals surface area (Å²) in [5, 5.41) is 9.97. The van der Waals surface area contributed by atoms with Gasteiger partial charge in [0, 0.05) is 12.7 Å². The predicted octanol–water partition coefficient (Wildman–Crippen LogP) is 3.83. The van der Waals surface area contributed by atoms with Crippen LogP contribution in [0.25, 0.3) is 0 Å². The fourth-order valence-electron chi connectivity index (χ4n) is 1.52. The molecule has 0 spiro atoms. The molecule has 17 heavy (non-hydrogen) atoms. The molecule has 1 atom stereocenters. The number of aliphatic hydroxyl groups excluding tert-OH is 1. The van der Waals surface area contributed by atoms with Crippen LogP contribution in [0.4, 0.5) is 4.39 Å². The minimum absolute atomic E-state index is 0.302. The molecule has 0 heterocycles. The van der Waals surface area contributed by atoms with Crippen molar-refractivity contribution in [3.63, 3.8) is 0 Å². The lowest BCUT2D eigenvalue weighted by molar-refractivity contribution is 0.00247. The Morgan fingerprint density at radius 1 is 1.47 bits per heavy atom. The van der Waals surface area contributed by atoms with Crippen molar-refractivity contribution in [2.24, 2.45) is 0 Å². The topological polar surface area (TPSA) is 29.5 Å². The summed E-state index contributed by atoms with van der Waals surface area (Å²) in [7, 11) is 1.63. The van der Waals surface area contributed by atoms with Crippen LogP contribution in [0.3, 0.4) is 0 Å². The van der Waals surface area contributed by atoms with Gasteiger partial charge in [0.2, 0.25) is 0 Å². The molecule has 0 aromatic heterocycles. The number of hydrogen-bond donors (Lipinski definition) is 1. The maximum atomic E-state index is 13.7. The average molecular weight is 305 g/mol. The lowest BCUT2D eigenvalue weighted by Gasteiger charge is -2.24. The molecule has 0 radical (unpaired) electrons. The summed E-state index contributed by atoms with van der Waals surface area (Å²) < 4.78 is 19.4. The minimum atomic E-state index is -0.804. The molecule has 4 heteroatoms. The molecule has 1 N–H and O–H groups in total. The van der Waals surface area contributed by atoms with Crippen LogP contribution in [0.2, 0.25) is 0 Å². The van der Waals surface area contributed by atoms with E-state index < -0.39 is 11.9 Å². The van der Waals surface area contributed by atoms with Crippen LogP contribution in [0.1, 0.15) is 38.4 Å². The Balaban J connectivity index is 2.71. The molecule has 0 amide bonds. The zero-order valence-corrected chi connectivity index (χ0v) is 11.9. The molecule has 0 fully saturated rings. The second-order valence-corrected chi connectivity index (χ2v) is 5.52. The van der Waals surface area contributed by atoms with Crippen molar-refractivity contribution < 1.29 is 14.2 Å². The van der Waals surface area contributed by atoms with Crippen molar-refractivity contribution in [3.8, 4) is 0 Å². The van der Waals surface area contributed by atoms with E-state index in [4.69, 9.17) is 4.74 Å². The van der Waals surface area contributed by atoms with Crippen LogP contribution in [0.15, 0.2) is 22.7 Å². The third kappa shape index (κ3) is 4.05. The van der Waals surface area contributed by atoms with E-state index in [-0.39, 0.29) is 5.60 Å². The standard InChI is InChI=1S/C13H18BrFO2/c1-13(2,17-3)8-7-11(16)9-5-4-6-10(14)12(9)15/h4-6,11,16H,7-8H2,1-3H3. The van der Waals surface area contributed by atoms with Gasteiger partial charge in [0.1, 0.15) is 5.82 Å². The molecule has 1 unspecified atom stereocenters. The SMILES string of the molecule is COC(C)(C)CCC(O)c1cccc(Br)c1F. The van der Waals surface area contributed by atoms with Crippen molar-refractivity contribution in [2.45, 2.75) is 38.4 Å². The van der Waals surface area contributed by atoms with Gasteiger partial charge in [-0.05, 0) is 48.7 Å². The highest BCUT2D eigenvalue weighted by Gasteiger charge is 2.21. The Morgan fingerprint density at radius 3 is 2.71 bits per heavy atom. The van der Waals surface area contributed by atoms with E-state index in [0.717, 1.165) is 0 Å². The summed E-state index contributed by atoms with van der Waals surface area (Å²) in [5.74, 6) is -0.393. The fourth-order valence-corrected chi connectivity index (χ4v) is 1.90. The average Bonchev–Trinajstić information content (AvgIpc) is 2.30. The highest BCUT2D eigenvalue weighted by atomic mass is 79.9. The molecule has 0 saturated carbocycles. The minimum Gasteiger partial charge on any atom is -0.388 e. The van der Waals surface area contributed by atoms with Crippen molar-refractivity contribution in [3.05, 3.63) is 34.1 Å². The largest absolute Gasteiger partial charge is 0.388 e. The van der Waals surface area contributed by atoms with Gasteiger partial charge >= 0.3 is 0 Å². The smallest absolute Gasteiger partial charge is 0.143 e. The summed E-state index contributed by atoms with van der Waals surface area (Å²) >= 11 is 3.11. The van der Waals surface area contributed by atoms with Gasteiger partial charge in [0.05, 0.1) is 16.2 Å². The molecule has 0 aliphatic heterocycles. The van der Waals surface area contributed by atoms with Gasteiger partial charge in [-0.1, -0.05) is 12.1 Å². The quantitative estimate of drug-likeness (QED) is 0.896. The van der Waals surface area contributed by atoms with Gasteiger partial charge in [0.25, 0.3) is 0 Å². The van der Waals surface area contributed by atoms with Crippen LogP contribution in [0.5, 0.6) is 0 Å². The van der Waals surface area contributed by atoms with Crippen molar-refractivity contribution in [1.82, 2.24) is 0 Å². The first-order valence-corrected chi connectivity index (χ1v) is 6.34. The third-order valence-electron chi connectivity index (χ3n) is 2.91. The highest BCUT2D eigenvalue weighted by molar-refractivity contribution is 9.10. The normalized spacial score (nSPS) is 13.8. The van der Waals surface area contributed by atoms with Crippen LogP contribution in [-0.2, 0) is 4.74 Å². The number of benzene rings is 1. The Bertz CT molecular complexity index is 380. The molecule has 0 bridgehead atoms. The lowest BCUT2D eigenvalue weighted by atomic mass is 9.96. The van der Waals surface area contributed by atoms with Crippen LogP contribution in [0, 0.1) is 5.82 Å². The summed E-state index contributed by atoms with van der Waals surface area (Å²) in [6.45, 7) is 3.88. The van der Waals surface area contributed by atoms with E-state index in [1.54, 1.807) is 25.3 Å². The third-order valence-corrected chi connectivity index (χ3v) is 3.53. The fraction of sp³-hybridized carbons (Fsp3) is 0.538. The van der Waals surface area contributed by atoms with E-state index in [9.17, 15) is 9.50 Å². The first-order chi connectivity index (χ1) is 7.87. The first-order valence-electron chi connectivity index (χ1n) is 5.54. The maximum absolute atomic E-state index is 13.7. The molecular formula is C13H18BrFO2. The molecule has 1 aromatic rings. The van der Waals surface area contributed by atoms with Gasteiger partial charge in [-0.15, -0.1) is 0 Å². The number of halogens is 2. The Morgan fingerprint density at radius 2 is 2.12 bits per heavy atom. The van der Waals surface area contributed by atoms with Crippen LogP contribution < -0.4 is 0 Å². The number of methoxy groups -OCH3 is 1. The first kappa shape index (κ1) is 14.6. The number of aliphatic hydroxyl groups is 1. The molecule has 1 aromatic carbocycles. The van der Waals surface area contributed by atoms with Gasteiger partial charge < -0.3 is 9.84 Å². The van der Waals surface area contributed by atoms with Crippen LogP contribution >= 0.6 is 15.9 Å². The molecule has 96 valence electrons. The van der Waals surface area contributed by atoms with Gasteiger partial charge in [-0.25, -0.2) is 4.39 Å². The molecule has 0 aliphatic rings. The van der Waals surface area contributed by atoms with Gasteiger partial charge in [0.15, 0.2) is 0 Å². The molecule has 1 rings (SSSR count). The lowest BCUT2D eigenvalue weighted by Crippen LogP contribution is -2.23. The molecule has 0 saturated heterocycles. The maximum Gasteiger partial charge on any atom is 0.143 e. The highest BCUT2D eigenvalue weighted by Crippen LogP contribution is 2.28. The Hall–Kier alpha value is -0.450. The summed E-state index contributed by atoms with van der Waals surface area (Å²) in [6, 6.07) is 4.93. The molecular weight excluding hydrogens is 287 g/mol. The van der Waals surface area contributed by atoms with E-state index in [2.05, 4.69) is 15.9 Å². The zero-order chi connectivity index (χ0) is 13.1. The monoisotopic (exact) mass is 304 g/mol. The van der Waals surface area contributed by atoms with Crippen molar-refractivity contribution in [1.29, 1.82) is 0 Å². The van der Waals surface area contributed by atoms with Crippen molar-refractivity contribution >= 4 is 15.9 Å². The van der Waals surface area contributed by atoms with Gasteiger partial charge in [-0.3, -0.25) is 0 Å². The number of ether oxygens (including phenoxy) is 1. The van der Waals surface area contributed by atoms with Gasteiger partial charge in [-0.2, -0.15) is 0 Å². The Labute approximate surface area is 110 Å². The van der Waals surface area contributed by atoms with Crippen molar-refractivity contribution in [2.75, 3.05) is 7.11 Å². The molecule has 2 nitrogen and oxygen atoms in total. The van der Waals surface area contributed by atoms with E-state index in [1.165, 1.54) is 0 Å². The summed E-state index contributed by atoms with van der Waals surface area (Å²) in [5.41, 5.74) is 0.0231. The number of rotatable bonds is 5. The second kappa shape index (κ2) is 5.94. The Kier molecular flexibility index (Phi) is 5.10. The summed E-state index contributed by atoms with van der Waals surface area (Å²) in [6.07, 6.45) is 0.326. The van der Waals surface area contributed by atoms with E-state index in [0.29, 0.717) is 22.9 Å². The van der Waals surface area contributed by atoms with Crippen LogP contribution in [-0.4, -0.2) is 17.8 Å². The second-order valence-electron chi connectivity index (χ2n) is 4.66. The van der Waals surface area contributed by atoms with E-state index in [1.807, 2.05) is 13.8 Å². The number of hydrogen-bond acceptors (Lipinski definition) is 2. The van der Waals surface area contributed by atoms with E-state index >= 15 is 0 Å². The zero-order valence-electron chi connectivity index (χ0n) is 10.3. The molecule has 0 aliphatic carbocycles.